The van der Waals surface area contributed by atoms with Gasteiger partial charge in [0.05, 0.1) is 6.20 Å². The molecule has 0 radical (unpaired) electrons. The van der Waals surface area contributed by atoms with Crippen molar-refractivity contribution in [3.63, 3.8) is 0 Å². The summed E-state index contributed by atoms with van der Waals surface area (Å²) in [6, 6.07) is 8.38. The summed E-state index contributed by atoms with van der Waals surface area (Å²) in [5, 5.41) is 0.664. The molecule has 7 heteroatoms. The predicted octanol–water partition coefficient (Wildman–Crippen LogP) is 3.62. The number of aryl methyl sites for hydroxylation is 1. The normalized spacial score (nSPS) is 15.7. The van der Waals surface area contributed by atoms with Crippen LogP contribution in [-0.2, 0) is 10.0 Å². The van der Waals surface area contributed by atoms with Gasteiger partial charge in [-0.1, -0.05) is 11.6 Å². The van der Waals surface area contributed by atoms with Crippen LogP contribution < -0.4 is 4.74 Å². The molecule has 1 aromatic carbocycles. The van der Waals surface area contributed by atoms with Crippen LogP contribution in [0, 0.1) is 6.92 Å². The first kappa shape index (κ1) is 16.2. The van der Waals surface area contributed by atoms with E-state index in [4.69, 9.17) is 16.3 Å². The van der Waals surface area contributed by atoms with E-state index in [0.717, 1.165) is 18.4 Å². The monoisotopic (exact) mass is 352 g/mol. The van der Waals surface area contributed by atoms with E-state index in [1.807, 2.05) is 6.92 Å². The number of rotatable bonds is 4. The number of pyridine rings is 1. The minimum absolute atomic E-state index is 0.194. The summed E-state index contributed by atoms with van der Waals surface area (Å²) >= 11 is 5.97. The number of nitrogens with zero attached hydrogens (tertiary/aromatic N) is 2. The summed E-state index contributed by atoms with van der Waals surface area (Å²) in [6.07, 6.45) is 3.15. The summed E-state index contributed by atoms with van der Waals surface area (Å²) in [5.74, 6) is 0.946. The van der Waals surface area contributed by atoms with Gasteiger partial charge >= 0.3 is 0 Å². The van der Waals surface area contributed by atoms with Gasteiger partial charge in [-0.25, -0.2) is 13.4 Å². The first-order chi connectivity index (χ1) is 11.0. The molecule has 0 amide bonds. The highest BCUT2D eigenvalue weighted by molar-refractivity contribution is 7.89. The number of ether oxygens (including phenoxy) is 1. The molecule has 1 saturated heterocycles. The maximum Gasteiger partial charge on any atom is 0.244 e. The molecule has 0 spiro atoms. The van der Waals surface area contributed by atoms with Crippen LogP contribution in [0.2, 0.25) is 5.02 Å². The van der Waals surface area contributed by atoms with Gasteiger partial charge in [0, 0.05) is 24.2 Å². The third kappa shape index (κ3) is 3.49. The van der Waals surface area contributed by atoms with Gasteiger partial charge in [-0.2, -0.15) is 4.31 Å². The molecule has 1 aliphatic rings. The van der Waals surface area contributed by atoms with Crippen LogP contribution in [0.3, 0.4) is 0 Å². The molecule has 1 aromatic heterocycles. The van der Waals surface area contributed by atoms with Crippen LogP contribution in [0.1, 0.15) is 18.4 Å². The fourth-order valence-electron chi connectivity index (χ4n) is 2.46. The third-order valence-electron chi connectivity index (χ3n) is 3.76. The number of hydrogen-bond donors (Lipinski definition) is 0. The van der Waals surface area contributed by atoms with Crippen molar-refractivity contribution in [1.29, 1.82) is 0 Å². The van der Waals surface area contributed by atoms with E-state index in [-0.39, 0.29) is 4.90 Å². The molecule has 2 heterocycles. The highest BCUT2D eigenvalue weighted by atomic mass is 35.5. The van der Waals surface area contributed by atoms with Gasteiger partial charge in [0.2, 0.25) is 15.9 Å². The average molecular weight is 353 g/mol. The summed E-state index contributed by atoms with van der Waals surface area (Å²) in [4.78, 5) is 4.30. The predicted molar refractivity (Wildman–Crippen MR) is 88.5 cm³/mol. The molecule has 23 heavy (non-hydrogen) atoms. The van der Waals surface area contributed by atoms with Gasteiger partial charge in [-0.15, -0.1) is 0 Å². The van der Waals surface area contributed by atoms with E-state index in [1.165, 1.54) is 16.6 Å². The zero-order valence-electron chi connectivity index (χ0n) is 12.7. The molecule has 5 nitrogen and oxygen atoms in total. The second-order valence-corrected chi connectivity index (χ2v) is 7.80. The van der Waals surface area contributed by atoms with Gasteiger partial charge in [0.15, 0.2) is 0 Å². The van der Waals surface area contributed by atoms with Crippen molar-refractivity contribution in [1.82, 2.24) is 9.29 Å². The van der Waals surface area contributed by atoms with Crippen LogP contribution in [0.5, 0.6) is 11.6 Å². The first-order valence-electron chi connectivity index (χ1n) is 7.37. The Kier molecular flexibility index (Phi) is 4.57. The van der Waals surface area contributed by atoms with Crippen molar-refractivity contribution >= 4 is 21.6 Å². The van der Waals surface area contributed by atoms with Crippen molar-refractivity contribution < 1.29 is 13.2 Å². The lowest BCUT2D eigenvalue weighted by Gasteiger charge is -2.15. The second kappa shape index (κ2) is 6.47. The molecule has 1 fully saturated rings. The third-order valence-corrected chi connectivity index (χ3v) is 6.07. The molecule has 3 rings (SSSR count). The van der Waals surface area contributed by atoms with E-state index in [1.54, 1.807) is 24.3 Å². The van der Waals surface area contributed by atoms with E-state index >= 15 is 0 Å². The minimum atomic E-state index is -3.44. The van der Waals surface area contributed by atoms with Crippen LogP contribution >= 0.6 is 11.6 Å². The summed E-state index contributed by atoms with van der Waals surface area (Å²) in [6.45, 7) is 3.03. The molecule has 122 valence electrons. The summed E-state index contributed by atoms with van der Waals surface area (Å²) < 4.78 is 32.0. The van der Waals surface area contributed by atoms with Crippen molar-refractivity contribution in [3.8, 4) is 11.6 Å². The molecule has 0 bridgehead atoms. The highest BCUT2D eigenvalue weighted by Crippen LogP contribution is 2.26. The Morgan fingerprint density at radius 1 is 1.17 bits per heavy atom. The standard InChI is InChI=1S/C16H17ClN2O3S/c1-12-10-13(4-6-15(12)17)22-16-7-5-14(11-18-16)23(20,21)19-8-2-3-9-19/h4-7,10-11H,2-3,8-9H2,1H3. The Morgan fingerprint density at radius 2 is 1.91 bits per heavy atom. The Morgan fingerprint density at radius 3 is 2.52 bits per heavy atom. The average Bonchev–Trinajstić information content (AvgIpc) is 3.07. The molecular weight excluding hydrogens is 336 g/mol. The maximum absolute atomic E-state index is 12.4. The smallest absolute Gasteiger partial charge is 0.244 e. The van der Waals surface area contributed by atoms with Crippen molar-refractivity contribution in [2.24, 2.45) is 0 Å². The maximum atomic E-state index is 12.4. The number of benzene rings is 1. The molecule has 0 N–H and O–H groups in total. The zero-order valence-corrected chi connectivity index (χ0v) is 14.3. The highest BCUT2D eigenvalue weighted by Gasteiger charge is 2.27. The number of sulfonamides is 1. The lowest BCUT2D eigenvalue weighted by Crippen LogP contribution is -2.27. The lowest BCUT2D eigenvalue weighted by atomic mass is 10.2. The SMILES string of the molecule is Cc1cc(Oc2ccc(S(=O)(=O)N3CCCC3)cn2)ccc1Cl. The topological polar surface area (TPSA) is 59.5 Å². The second-order valence-electron chi connectivity index (χ2n) is 5.46. The van der Waals surface area contributed by atoms with Crippen LogP contribution in [-0.4, -0.2) is 30.8 Å². The quantitative estimate of drug-likeness (QED) is 0.843. The van der Waals surface area contributed by atoms with E-state index < -0.39 is 10.0 Å². The largest absolute Gasteiger partial charge is 0.439 e. The summed E-state index contributed by atoms with van der Waals surface area (Å²) in [7, 11) is -3.44. The van der Waals surface area contributed by atoms with Gasteiger partial charge in [-0.05, 0) is 49.6 Å². The number of aromatic nitrogens is 1. The van der Waals surface area contributed by atoms with Crippen LogP contribution in [0.4, 0.5) is 0 Å². The Balaban J connectivity index is 1.77. The molecule has 2 aromatic rings. The molecule has 1 aliphatic heterocycles. The van der Waals surface area contributed by atoms with Crippen LogP contribution in [0.15, 0.2) is 41.4 Å². The lowest BCUT2D eigenvalue weighted by molar-refractivity contribution is 0.459. The number of hydrogen-bond acceptors (Lipinski definition) is 4. The first-order valence-corrected chi connectivity index (χ1v) is 9.19. The van der Waals surface area contributed by atoms with Crippen LogP contribution in [0.25, 0.3) is 0 Å². The fraction of sp³-hybridized carbons (Fsp3) is 0.312. The van der Waals surface area contributed by atoms with E-state index in [0.29, 0.717) is 29.7 Å². The van der Waals surface area contributed by atoms with Crippen molar-refractivity contribution in [3.05, 3.63) is 47.1 Å². The molecule has 0 aliphatic carbocycles. The van der Waals surface area contributed by atoms with Gasteiger partial charge in [-0.3, -0.25) is 0 Å². The van der Waals surface area contributed by atoms with E-state index in [9.17, 15) is 8.42 Å². The van der Waals surface area contributed by atoms with Crippen molar-refractivity contribution in [2.75, 3.05) is 13.1 Å². The summed E-state index contributed by atoms with van der Waals surface area (Å²) in [5.41, 5.74) is 0.900. The molecular formula is C16H17ClN2O3S. The van der Waals surface area contributed by atoms with Gasteiger partial charge < -0.3 is 4.74 Å². The Hall–Kier alpha value is -1.63. The molecule has 0 unspecified atom stereocenters. The van der Waals surface area contributed by atoms with Gasteiger partial charge in [0.1, 0.15) is 10.6 Å². The van der Waals surface area contributed by atoms with Crippen molar-refractivity contribution in [2.45, 2.75) is 24.7 Å². The number of halogens is 1. The zero-order chi connectivity index (χ0) is 16.4. The van der Waals surface area contributed by atoms with E-state index in [2.05, 4.69) is 4.98 Å². The fourth-order valence-corrected chi connectivity index (χ4v) is 4.04. The van der Waals surface area contributed by atoms with Gasteiger partial charge in [0.25, 0.3) is 0 Å². The minimum Gasteiger partial charge on any atom is -0.439 e. The Labute approximate surface area is 140 Å². The molecule has 0 saturated carbocycles. The molecule has 0 atom stereocenters. The Bertz CT molecular complexity index is 801.